The molecule has 4 heteroatoms. The van der Waals surface area contributed by atoms with Gasteiger partial charge in [-0.15, -0.1) is 0 Å². The lowest BCUT2D eigenvalue weighted by atomic mass is 9.93. The van der Waals surface area contributed by atoms with E-state index in [1.54, 1.807) is 0 Å². The maximum absolute atomic E-state index is 13.3. The number of aliphatic hydroxyl groups excluding tert-OH is 1. The summed E-state index contributed by atoms with van der Waals surface area (Å²) in [6, 6.07) is 24.4. The van der Waals surface area contributed by atoms with Crippen LogP contribution in [0.25, 0.3) is 22.2 Å². The highest BCUT2D eigenvalue weighted by atomic mass is 16.3. The van der Waals surface area contributed by atoms with Crippen molar-refractivity contribution in [3.8, 4) is 11.3 Å². The van der Waals surface area contributed by atoms with Gasteiger partial charge in [0.1, 0.15) is 0 Å². The molecule has 1 aliphatic rings. The third-order valence-corrected chi connectivity index (χ3v) is 5.98. The van der Waals surface area contributed by atoms with Gasteiger partial charge in [-0.05, 0) is 36.6 Å². The average molecular weight is 396 g/mol. The van der Waals surface area contributed by atoms with E-state index in [9.17, 15) is 9.90 Å². The highest BCUT2D eigenvalue weighted by Gasteiger charge is 2.39. The van der Waals surface area contributed by atoms with Crippen molar-refractivity contribution >= 4 is 16.8 Å². The van der Waals surface area contributed by atoms with E-state index in [4.69, 9.17) is 0 Å². The number of carbonyl (C=O) groups is 1. The summed E-state index contributed by atoms with van der Waals surface area (Å²) in [6.07, 6.45) is 0.554. The molecule has 1 atom stereocenters. The molecule has 0 fully saturated rings. The lowest BCUT2D eigenvalue weighted by molar-refractivity contribution is 0.0739. The van der Waals surface area contributed by atoms with Gasteiger partial charge in [-0.1, -0.05) is 66.2 Å². The molecule has 1 aromatic heterocycles. The molecule has 3 aromatic carbocycles. The number of rotatable bonds is 5. The van der Waals surface area contributed by atoms with Crippen LogP contribution in [0.2, 0.25) is 0 Å². The summed E-state index contributed by atoms with van der Waals surface area (Å²) in [5, 5.41) is 10.6. The smallest absolute Gasteiger partial charge is 0.255 e. The van der Waals surface area contributed by atoms with Gasteiger partial charge in [-0.3, -0.25) is 4.79 Å². The molecule has 4 nitrogen and oxygen atoms in total. The van der Waals surface area contributed by atoms with Gasteiger partial charge in [0.2, 0.25) is 0 Å². The van der Waals surface area contributed by atoms with Gasteiger partial charge >= 0.3 is 0 Å². The number of benzene rings is 3. The number of aliphatic hydroxyl groups is 1. The fourth-order valence-corrected chi connectivity index (χ4v) is 4.55. The molecule has 0 spiro atoms. The third kappa shape index (κ3) is 2.92. The Hall–Kier alpha value is -3.37. The Balaban J connectivity index is 1.77. The lowest BCUT2D eigenvalue weighted by Gasteiger charge is -2.26. The van der Waals surface area contributed by atoms with Gasteiger partial charge in [-0.25, -0.2) is 0 Å². The van der Waals surface area contributed by atoms with Crippen molar-refractivity contribution in [1.29, 1.82) is 0 Å². The van der Waals surface area contributed by atoms with E-state index in [0.717, 1.165) is 38.9 Å². The first kappa shape index (κ1) is 18.6. The summed E-state index contributed by atoms with van der Waals surface area (Å²) in [7, 11) is 0. The van der Waals surface area contributed by atoms with Crippen LogP contribution in [-0.2, 0) is 0 Å². The normalized spacial score (nSPS) is 15.7. The minimum absolute atomic E-state index is 0.0317. The SMILES string of the molecule is Cc1ccc(-c2[nH]c3ccccc3c2[C@@H]2c3ccccc3C(=O)N2CCCO)cc1. The third-order valence-electron chi connectivity index (χ3n) is 5.98. The summed E-state index contributed by atoms with van der Waals surface area (Å²) in [5.41, 5.74) is 7.31. The molecule has 0 saturated heterocycles. The number of aromatic nitrogens is 1. The zero-order valence-corrected chi connectivity index (χ0v) is 16.9. The summed E-state index contributed by atoms with van der Waals surface area (Å²) < 4.78 is 0. The topological polar surface area (TPSA) is 56.3 Å². The number of amides is 1. The molecule has 0 radical (unpaired) electrons. The quantitative estimate of drug-likeness (QED) is 0.495. The molecule has 1 amide bonds. The summed E-state index contributed by atoms with van der Waals surface area (Å²) in [6.45, 7) is 2.66. The minimum atomic E-state index is -0.187. The first-order valence-corrected chi connectivity index (χ1v) is 10.4. The van der Waals surface area contributed by atoms with Crippen LogP contribution in [0.4, 0.5) is 0 Å². The molecule has 150 valence electrons. The molecule has 5 rings (SSSR count). The van der Waals surface area contributed by atoms with Crippen molar-refractivity contribution in [2.75, 3.05) is 13.2 Å². The van der Waals surface area contributed by atoms with Crippen molar-refractivity contribution in [2.45, 2.75) is 19.4 Å². The number of aryl methyl sites for hydroxylation is 1. The first-order chi connectivity index (χ1) is 14.7. The molecular weight excluding hydrogens is 372 g/mol. The summed E-state index contributed by atoms with van der Waals surface area (Å²) in [5.74, 6) is 0.0317. The van der Waals surface area contributed by atoms with E-state index in [1.165, 1.54) is 5.56 Å². The van der Waals surface area contributed by atoms with E-state index in [-0.39, 0.29) is 18.6 Å². The fourth-order valence-electron chi connectivity index (χ4n) is 4.55. The number of hydrogen-bond donors (Lipinski definition) is 2. The number of nitrogens with one attached hydrogen (secondary N) is 1. The predicted octanol–water partition coefficient (Wildman–Crippen LogP) is 5.07. The zero-order chi connectivity index (χ0) is 20.7. The van der Waals surface area contributed by atoms with Crippen LogP contribution in [0.3, 0.4) is 0 Å². The van der Waals surface area contributed by atoms with E-state index < -0.39 is 0 Å². The van der Waals surface area contributed by atoms with Crippen molar-refractivity contribution in [3.05, 3.63) is 95.1 Å². The highest BCUT2D eigenvalue weighted by molar-refractivity contribution is 6.02. The molecule has 0 bridgehead atoms. The van der Waals surface area contributed by atoms with Crippen LogP contribution in [-0.4, -0.2) is 34.0 Å². The standard InChI is InChI=1S/C26H24N2O2/c1-17-11-13-18(14-12-17)24-23(21-9-4-5-10-22(21)27-24)25-19-7-2-3-8-20(19)26(30)28(25)15-6-16-29/h2-5,7-14,25,27,29H,6,15-16H2,1H3/t25-/m0/s1. The molecule has 4 aromatic rings. The Bertz CT molecular complexity index is 1220. The number of aromatic amines is 1. The molecule has 2 heterocycles. The Labute approximate surface area is 175 Å². The lowest BCUT2D eigenvalue weighted by Crippen LogP contribution is -2.30. The van der Waals surface area contributed by atoms with Gasteiger partial charge in [0.25, 0.3) is 5.91 Å². The van der Waals surface area contributed by atoms with Gasteiger partial charge in [-0.2, -0.15) is 0 Å². The number of carbonyl (C=O) groups excluding carboxylic acids is 1. The average Bonchev–Trinajstić information content (AvgIpc) is 3.28. The minimum Gasteiger partial charge on any atom is -0.396 e. The molecule has 0 unspecified atom stereocenters. The number of para-hydroxylation sites is 1. The van der Waals surface area contributed by atoms with Crippen LogP contribution in [0, 0.1) is 6.92 Å². The van der Waals surface area contributed by atoms with E-state index in [1.807, 2.05) is 35.2 Å². The number of hydrogen-bond acceptors (Lipinski definition) is 2. The van der Waals surface area contributed by atoms with Crippen LogP contribution in [0.5, 0.6) is 0 Å². The second-order valence-corrected chi connectivity index (χ2v) is 7.89. The monoisotopic (exact) mass is 396 g/mol. The molecule has 2 N–H and O–H groups in total. The molecule has 0 saturated carbocycles. The summed E-state index contributed by atoms with van der Waals surface area (Å²) >= 11 is 0. The van der Waals surface area contributed by atoms with Crippen molar-refractivity contribution in [3.63, 3.8) is 0 Å². The highest BCUT2D eigenvalue weighted by Crippen LogP contribution is 2.45. The fraction of sp³-hybridized carbons (Fsp3) is 0.192. The second-order valence-electron chi connectivity index (χ2n) is 7.89. The molecular formula is C26H24N2O2. The number of nitrogens with zero attached hydrogens (tertiary/aromatic N) is 1. The second kappa shape index (κ2) is 7.47. The first-order valence-electron chi connectivity index (χ1n) is 10.4. The summed E-state index contributed by atoms with van der Waals surface area (Å²) in [4.78, 5) is 18.8. The zero-order valence-electron chi connectivity index (χ0n) is 16.9. The Morgan fingerprint density at radius 1 is 0.967 bits per heavy atom. The van der Waals surface area contributed by atoms with E-state index >= 15 is 0 Å². The molecule has 30 heavy (non-hydrogen) atoms. The van der Waals surface area contributed by atoms with Crippen molar-refractivity contribution in [1.82, 2.24) is 9.88 Å². The van der Waals surface area contributed by atoms with Crippen LogP contribution >= 0.6 is 0 Å². The van der Waals surface area contributed by atoms with Gasteiger partial charge in [0.05, 0.1) is 11.7 Å². The number of fused-ring (bicyclic) bond motifs is 2. The van der Waals surface area contributed by atoms with Crippen LogP contribution in [0.15, 0.2) is 72.8 Å². The van der Waals surface area contributed by atoms with Crippen molar-refractivity contribution < 1.29 is 9.90 Å². The largest absolute Gasteiger partial charge is 0.396 e. The Morgan fingerprint density at radius 2 is 1.70 bits per heavy atom. The van der Waals surface area contributed by atoms with Crippen LogP contribution < -0.4 is 0 Å². The van der Waals surface area contributed by atoms with Crippen LogP contribution in [0.1, 0.15) is 39.5 Å². The van der Waals surface area contributed by atoms with E-state index in [0.29, 0.717) is 13.0 Å². The number of H-pyrrole nitrogens is 1. The molecule has 1 aliphatic heterocycles. The maximum atomic E-state index is 13.3. The Morgan fingerprint density at radius 3 is 2.50 bits per heavy atom. The van der Waals surface area contributed by atoms with Gasteiger partial charge < -0.3 is 15.0 Å². The van der Waals surface area contributed by atoms with Gasteiger partial charge in [0.15, 0.2) is 0 Å². The predicted molar refractivity (Wildman–Crippen MR) is 119 cm³/mol. The van der Waals surface area contributed by atoms with Gasteiger partial charge in [0, 0.05) is 35.2 Å². The Kier molecular flexibility index (Phi) is 4.64. The maximum Gasteiger partial charge on any atom is 0.255 e. The van der Waals surface area contributed by atoms with Crippen molar-refractivity contribution in [2.24, 2.45) is 0 Å². The molecule has 0 aliphatic carbocycles. The van der Waals surface area contributed by atoms with E-state index in [2.05, 4.69) is 54.4 Å².